The van der Waals surface area contributed by atoms with E-state index in [1.165, 1.54) is 154 Å². The maximum atomic E-state index is 13.0. The van der Waals surface area contributed by atoms with Gasteiger partial charge in [-0.05, 0) is 38.5 Å². The highest BCUT2D eigenvalue weighted by atomic mass is 16.7. The Hall–Kier alpha value is -1.76. The summed E-state index contributed by atoms with van der Waals surface area (Å²) in [7, 11) is 0. The molecule has 11 atom stereocenters. The molecule has 0 bridgehead atoms. The highest BCUT2D eigenvalue weighted by Gasteiger charge is 2.47. The van der Waals surface area contributed by atoms with Crippen LogP contribution >= 0.6 is 0 Å². The van der Waals surface area contributed by atoms with E-state index in [2.05, 4.69) is 26.0 Å². The molecule has 72 heavy (non-hydrogen) atoms. The first-order chi connectivity index (χ1) is 35.0. The van der Waals surface area contributed by atoms with Gasteiger partial charge in [0.1, 0.15) is 55.4 Å². The van der Waals surface area contributed by atoms with E-state index in [9.17, 15) is 45.3 Å². The maximum Gasteiger partial charge on any atom is 0.306 e. The second-order valence-corrected chi connectivity index (χ2v) is 20.8. The molecule has 2 aliphatic rings. The van der Waals surface area contributed by atoms with Crippen molar-refractivity contribution in [2.45, 2.75) is 313 Å². The fourth-order valence-corrected chi connectivity index (χ4v) is 9.45. The Kier molecular flexibility index (Phi) is 40.9. The predicted molar refractivity (Wildman–Crippen MR) is 280 cm³/mol. The van der Waals surface area contributed by atoms with Gasteiger partial charge in [0.2, 0.25) is 0 Å². The Labute approximate surface area is 435 Å². The Morgan fingerprint density at radius 3 is 1.24 bits per heavy atom. The Morgan fingerprint density at radius 2 is 0.792 bits per heavy atom. The summed E-state index contributed by atoms with van der Waals surface area (Å²) < 4.78 is 33.7. The van der Waals surface area contributed by atoms with Crippen LogP contribution in [0.1, 0.15) is 245 Å². The number of unbranched alkanes of at least 4 members (excludes halogenated alkanes) is 31. The van der Waals surface area contributed by atoms with Crippen LogP contribution in [0.15, 0.2) is 12.2 Å². The van der Waals surface area contributed by atoms with Gasteiger partial charge < -0.3 is 64.2 Å². The monoisotopic (exact) mass is 1030 g/mol. The van der Waals surface area contributed by atoms with E-state index in [0.29, 0.717) is 12.8 Å². The first kappa shape index (κ1) is 66.4. The fraction of sp³-hybridized carbons (Fsp3) is 0.930. The van der Waals surface area contributed by atoms with E-state index >= 15 is 0 Å². The van der Waals surface area contributed by atoms with Gasteiger partial charge >= 0.3 is 11.9 Å². The van der Waals surface area contributed by atoms with Crippen LogP contribution in [0.5, 0.6) is 0 Å². The number of hydrogen-bond acceptors (Lipinski definition) is 15. The normalized spacial score (nSPS) is 25.0. The lowest BCUT2D eigenvalue weighted by Crippen LogP contribution is -2.61. The number of rotatable bonds is 47. The maximum absolute atomic E-state index is 13.0. The minimum Gasteiger partial charge on any atom is -0.462 e. The second kappa shape index (κ2) is 44.4. The van der Waals surface area contributed by atoms with Gasteiger partial charge in [0.25, 0.3) is 0 Å². The fourth-order valence-electron chi connectivity index (χ4n) is 9.45. The van der Waals surface area contributed by atoms with Crippen molar-refractivity contribution in [2.24, 2.45) is 0 Å². The van der Waals surface area contributed by atoms with Crippen LogP contribution in [0, 0.1) is 0 Å². The van der Waals surface area contributed by atoms with Crippen LogP contribution in [0.2, 0.25) is 0 Å². The number of ether oxygens (including phenoxy) is 6. The number of carbonyl (C=O) groups excluding carboxylic acids is 2. The molecule has 2 saturated heterocycles. The molecule has 0 aromatic heterocycles. The van der Waals surface area contributed by atoms with Crippen molar-refractivity contribution in [1.82, 2.24) is 0 Å². The Balaban J connectivity index is 1.73. The lowest BCUT2D eigenvalue weighted by Gasteiger charge is -2.42. The molecule has 0 spiro atoms. The molecule has 7 N–H and O–H groups in total. The average molecular weight is 1030 g/mol. The third-order valence-electron chi connectivity index (χ3n) is 14.2. The van der Waals surface area contributed by atoms with Gasteiger partial charge in [-0.1, -0.05) is 206 Å². The van der Waals surface area contributed by atoms with Gasteiger partial charge in [-0.25, -0.2) is 0 Å². The molecule has 424 valence electrons. The summed E-state index contributed by atoms with van der Waals surface area (Å²) in [5, 5.41) is 72.2. The molecule has 0 amide bonds. The van der Waals surface area contributed by atoms with Crippen LogP contribution < -0.4 is 0 Å². The molecule has 0 saturated carbocycles. The van der Waals surface area contributed by atoms with Crippen molar-refractivity contribution in [2.75, 3.05) is 26.4 Å². The Morgan fingerprint density at radius 1 is 0.431 bits per heavy atom. The number of allylic oxidation sites excluding steroid dienone is 2. The summed E-state index contributed by atoms with van der Waals surface area (Å²) in [6.07, 6.45) is 29.5. The van der Waals surface area contributed by atoms with E-state index in [4.69, 9.17) is 28.4 Å². The molecular weight excluding hydrogens is 925 g/mol. The molecule has 0 aromatic rings. The molecule has 2 heterocycles. The van der Waals surface area contributed by atoms with E-state index in [0.717, 1.165) is 51.4 Å². The van der Waals surface area contributed by atoms with Gasteiger partial charge in [0.05, 0.1) is 19.8 Å². The molecule has 15 heteroatoms. The minimum absolute atomic E-state index is 0.164. The van der Waals surface area contributed by atoms with Crippen LogP contribution in [-0.4, -0.2) is 142 Å². The quantitative estimate of drug-likeness (QED) is 0.0171. The Bertz CT molecular complexity index is 1300. The molecular formula is C57H106O15. The lowest BCUT2D eigenvalue weighted by atomic mass is 9.98. The van der Waals surface area contributed by atoms with Crippen LogP contribution in [0.25, 0.3) is 0 Å². The highest BCUT2D eigenvalue weighted by Crippen LogP contribution is 2.27. The van der Waals surface area contributed by atoms with Gasteiger partial charge in [-0.3, -0.25) is 9.59 Å². The van der Waals surface area contributed by atoms with Crippen LogP contribution in [0.3, 0.4) is 0 Å². The number of carbonyl (C=O) groups is 2. The SMILES string of the molecule is CCCCCC/C=C/CCCCCCCCCC(=O)O[C@@H](COC(=O)CCCCCCCCCCCCCCCCCCCCCCC)CO[C@@H]1O[C@H](CO[C@@H]2O[C@H](CO)[C@H](O)C(O)C2O)[C@H](O)C(O)C1O. The zero-order chi connectivity index (χ0) is 52.4. The summed E-state index contributed by atoms with van der Waals surface area (Å²) in [5.74, 6) is -0.915. The van der Waals surface area contributed by atoms with E-state index in [-0.39, 0.29) is 26.1 Å². The van der Waals surface area contributed by atoms with Gasteiger partial charge in [0, 0.05) is 12.8 Å². The highest BCUT2D eigenvalue weighted by molar-refractivity contribution is 5.70. The number of aliphatic hydroxyl groups excluding tert-OH is 7. The summed E-state index contributed by atoms with van der Waals surface area (Å²) in [5.41, 5.74) is 0. The minimum atomic E-state index is -1.76. The van der Waals surface area contributed by atoms with Gasteiger partial charge in [-0.2, -0.15) is 0 Å². The number of hydrogen-bond donors (Lipinski definition) is 7. The van der Waals surface area contributed by atoms with Gasteiger partial charge in [-0.15, -0.1) is 0 Å². The molecule has 2 rings (SSSR count). The van der Waals surface area contributed by atoms with Crippen molar-refractivity contribution in [3.63, 3.8) is 0 Å². The lowest BCUT2D eigenvalue weighted by molar-refractivity contribution is -0.332. The third kappa shape index (κ3) is 31.3. The summed E-state index contributed by atoms with van der Waals surface area (Å²) in [4.78, 5) is 25.9. The largest absolute Gasteiger partial charge is 0.462 e. The van der Waals surface area contributed by atoms with Crippen molar-refractivity contribution in [3.8, 4) is 0 Å². The molecule has 2 aliphatic heterocycles. The topological polar surface area (TPSA) is 231 Å². The molecule has 2 fully saturated rings. The number of aliphatic hydroxyl groups is 7. The molecule has 0 radical (unpaired) electrons. The third-order valence-corrected chi connectivity index (χ3v) is 14.2. The standard InChI is InChI=1S/C57H106O15/c1-3-5-7-9-11-13-15-17-19-20-21-22-23-24-26-27-29-31-33-35-37-39-48(59)67-42-45(70-49(60)40-38-36-34-32-30-28-25-18-16-14-12-10-8-6-4-2)43-68-56-55(66)53(64)51(62)47(72-56)44-69-57-54(65)52(63)50(61)46(41-58)71-57/h14,16,45-47,50-58,61-66H,3-13,15,17-44H2,1-2H3/b16-14+/t45-,46+,47+,50-,51-,52?,53?,54?,55?,56+,57+/m0/s1. The van der Waals surface area contributed by atoms with E-state index in [1.54, 1.807) is 0 Å². The van der Waals surface area contributed by atoms with Gasteiger partial charge in [0.15, 0.2) is 18.7 Å². The smallest absolute Gasteiger partial charge is 0.306 e. The van der Waals surface area contributed by atoms with E-state index in [1.807, 2.05) is 0 Å². The summed E-state index contributed by atoms with van der Waals surface area (Å²) in [6.45, 7) is 2.62. The average Bonchev–Trinajstić information content (AvgIpc) is 3.37. The van der Waals surface area contributed by atoms with Crippen molar-refractivity contribution >= 4 is 11.9 Å². The zero-order valence-corrected chi connectivity index (χ0v) is 45.2. The molecule has 0 aliphatic carbocycles. The van der Waals surface area contributed by atoms with Crippen LogP contribution in [0.4, 0.5) is 0 Å². The second-order valence-electron chi connectivity index (χ2n) is 20.8. The summed E-state index contributed by atoms with van der Waals surface area (Å²) in [6, 6.07) is 0. The van der Waals surface area contributed by atoms with Crippen LogP contribution in [-0.2, 0) is 38.0 Å². The molecule has 0 aromatic carbocycles. The van der Waals surface area contributed by atoms with Crippen molar-refractivity contribution in [1.29, 1.82) is 0 Å². The predicted octanol–water partition coefficient (Wildman–Crippen LogP) is 9.72. The van der Waals surface area contributed by atoms with Crippen molar-refractivity contribution in [3.05, 3.63) is 12.2 Å². The zero-order valence-electron chi connectivity index (χ0n) is 45.2. The first-order valence-electron chi connectivity index (χ1n) is 29.3. The van der Waals surface area contributed by atoms with Crippen molar-refractivity contribution < 1.29 is 73.8 Å². The first-order valence-corrected chi connectivity index (χ1v) is 29.3. The summed E-state index contributed by atoms with van der Waals surface area (Å²) >= 11 is 0. The molecule has 15 nitrogen and oxygen atoms in total. The molecule has 4 unspecified atom stereocenters. The van der Waals surface area contributed by atoms with E-state index < -0.39 is 92.7 Å². The number of esters is 2.